The molecule has 0 heterocycles. The third-order valence-corrected chi connectivity index (χ3v) is 6.78. The van der Waals surface area contributed by atoms with E-state index in [4.69, 9.17) is 4.74 Å². The second kappa shape index (κ2) is 22.5. The summed E-state index contributed by atoms with van der Waals surface area (Å²) in [6.45, 7) is 7.55. The van der Waals surface area contributed by atoms with Gasteiger partial charge in [-0.1, -0.05) is 81.5 Å². The highest BCUT2D eigenvalue weighted by molar-refractivity contribution is 5.87. The third-order valence-electron chi connectivity index (χ3n) is 6.78. The molecular formula is C34H52N2O5. The lowest BCUT2D eigenvalue weighted by Crippen LogP contribution is -2.59. The van der Waals surface area contributed by atoms with Gasteiger partial charge >= 0.3 is 5.97 Å². The Morgan fingerprint density at radius 1 is 0.878 bits per heavy atom. The van der Waals surface area contributed by atoms with Crippen LogP contribution in [-0.2, 0) is 19.1 Å². The molecule has 0 aliphatic heterocycles. The summed E-state index contributed by atoms with van der Waals surface area (Å²) in [5.74, 6) is -1.45. The Kier molecular flexibility index (Phi) is 19.7. The molecule has 7 nitrogen and oxygen atoms in total. The average molecular weight is 569 g/mol. The van der Waals surface area contributed by atoms with Gasteiger partial charge < -0.3 is 20.5 Å². The Bertz CT molecular complexity index is 956. The number of rotatable bonds is 20. The predicted octanol–water partition coefficient (Wildman–Crippen LogP) is 6.89. The Morgan fingerprint density at radius 2 is 1.41 bits per heavy atom. The molecule has 3 unspecified atom stereocenters. The summed E-state index contributed by atoms with van der Waals surface area (Å²) < 4.78 is 6.16. The highest BCUT2D eigenvalue weighted by atomic mass is 16.5. The average Bonchev–Trinajstić information content (AvgIpc) is 2.94. The van der Waals surface area contributed by atoms with Gasteiger partial charge in [0.15, 0.2) is 0 Å². The van der Waals surface area contributed by atoms with Crippen LogP contribution in [0.15, 0.2) is 72.4 Å². The van der Waals surface area contributed by atoms with Crippen LogP contribution in [0.4, 0.5) is 0 Å². The normalized spacial score (nSPS) is 19.7. The molecule has 228 valence electrons. The summed E-state index contributed by atoms with van der Waals surface area (Å²) in [7, 11) is 0. The van der Waals surface area contributed by atoms with Gasteiger partial charge in [-0.15, -0.1) is 0 Å². The number of allylic oxidation sites excluding steroid dienone is 10. The van der Waals surface area contributed by atoms with Crippen molar-refractivity contribution in [3.8, 4) is 0 Å². The maximum Gasteiger partial charge on any atom is 0.331 e. The van der Waals surface area contributed by atoms with Gasteiger partial charge in [-0.25, -0.2) is 4.79 Å². The summed E-state index contributed by atoms with van der Waals surface area (Å²) in [4.78, 5) is 36.5. The number of carboxylic acids is 1. The van der Waals surface area contributed by atoms with Gasteiger partial charge in [0.1, 0.15) is 0 Å². The van der Waals surface area contributed by atoms with E-state index in [9.17, 15) is 19.5 Å². The van der Waals surface area contributed by atoms with Gasteiger partial charge in [0.2, 0.25) is 11.8 Å². The molecule has 1 aliphatic carbocycles. The smallest absolute Gasteiger partial charge is 0.331 e. The second-order valence-corrected chi connectivity index (χ2v) is 10.2. The van der Waals surface area contributed by atoms with Crippen LogP contribution in [0.5, 0.6) is 0 Å². The van der Waals surface area contributed by atoms with Crippen molar-refractivity contribution in [2.75, 3.05) is 0 Å². The first-order chi connectivity index (χ1) is 19.8. The Morgan fingerprint density at radius 3 is 1.90 bits per heavy atom. The number of carbonyl (C=O) groups is 3. The lowest BCUT2D eigenvalue weighted by atomic mass is 9.87. The van der Waals surface area contributed by atoms with Crippen molar-refractivity contribution in [1.82, 2.24) is 10.6 Å². The number of amides is 2. The first-order valence-corrected chi connectivity index (χ1v) is 15.2. The first-order valence-electron chi connectivity index (χ1n) is 15.2. The highest BCUT2D eigenvalue weighted by Crippen LogP contribution is 2.25. The minimum absolute atomic E-state index is 0.0690. The van der Waals surface area contributed by atoms with Crippen molar-refractivity contribution in [2.24, 2.45) is 0 Å². The molecule has 0 saturated carbocycles. The van der Waals surface area contributed by atoms with Gasteiger partial charge in [0.25, 0.3) is 0 Å². The van der Waals surface area contributed by atoms with Crippen LogP contribution >= 0.6 is 0 Å². The fourth-order valence-corrected chi connectivity index (χ4v) is 4.53. The number of aliphatic carboxylic acids is 1. The van der Waals surface area contributed by atoms with Crippen molar-refractivity contribution < 1.29 is 24.2 Å². The van der Waals surface area contributed by atoms with E-state index >= 15 is 0 Å². The molecule has 3 N–H and O–H groups in total. The summed E-state index contributed by atoms with van der Waals surface area (Å²) >= 11 is 0. The first kappa shape index (κ1) is 35.8. The number of carbonyl (C=O) groups excluding carboxylic acids is 2. The zero-order valence-corrected chi connectivity index (χ0v) is 25.5. The van der Waals surface area contributed by atoms with E-state index in [0.29, 0.717) is 12.8 Å². The molecule has 1 rings (SSSR count). The zero-order valence-electron chi connectivity index (χ0n) is 25.5. The molecule has 3 atom stereocenters. The molecule has 0 aromatic carbocycles. The standard InChI is InChI=1S/C34H52N2O5/c1-5-8-9-10-11-12-13-14-15-16-17-18-19-20-21-22-23-24-32(38)36-30-25-28(34(39)40)26-31(33(30)35-27(4)37)41-29(6-2)7-3/h8-9,11-12,14-15,17-18,20-21,26,29-31,33H,5-7,10,13,16,19,22-25H2,1-4H3,(H,35,37)(H,36,38)(H,39,40)/b9-8-,12-11-,15-14-,18-17-,21-20-. The number of ether oxygens (including phenoxy) is 1. The molecule has 0 aromatic rings. The Balaban J connectivity index is 2.46. The fraction of sp³-hybridized carbons (Fsp3) is 0.559. The number of hydrogen-bond donors (Lipinski definition) is 3. The van der Waals surface area contributed by atoms with Crippen molar-refractivity contribution in [3.63, 3.8) is 0 Å². The molecule has 0 spiro atoms. The second-order valence-electron chi connectivity index (χ2n) is 10.2. The summed E-state index contributed by atoms with van der Waals surface area (Å²) in [5.41, 5.74) is 0.187. The van der Waals surface area contributed by atoms with Crippen LogP contribution in [-0.4, -0.2) is 47.2 Å². The van der Waals surface area contributed by atoms with E-state index in [-0.39, 0.29) is 29.9 Å². The molecule has 2 amide bonds. The topological polar surface area (TPSA) is 105 Å². The predicted molar refractivity (Wildman–Crippen MR) is 167 cm³/mol. The molecule has 1 aliphatic rings. The van der Waals surface area contributed by atoms with Crippen molar-refractivity contribution in [2.45, 2.75) is 123 Å². The molecule has 7 heteroatoms. The van der Waals surface area contributed by atoms with Gasteiger partial charge in [-0.3, -0.25) is 9.59 Å². The SMILES string of the molecule is CC/C=C\C/C=C\C/C=C\C/C=C\C/C=C\CCCC(=O)NC1CC(C(=O)O)=CC(OC(CC)CC)C1NC(C)=O. The molecular weight excluding hydrogens is 516 g/mol. The van der Waals surface area contributed by atoms with Crippen LogP contribution < -0.4 is 10.6 Å². The third kappa shape index (κ3) is 16.6. The monoisotopic (exact) mass is 568 g/mol. The Labute approximate surface area is 247 Å². The van der Waals surface area contributed by atoms with Crippen LogP contribution in [0.3, 0.4) is 0 Å². The van der Waals surface area contributed by atoms with E-state index < -0.39 is 24.2 Å². The highest BCUT2D eigenvalue weighted by Gasteiger charge is 2.38. The number of hydrogen-bond acceptors (Lipinski definition) is 4. The molecule has 0 saturated heterocycles. The van der Waals surface area contributed by atoms with Crippen LogP contribution in [0.1, 0.15) is 98.3 Å². The lowest BCUT2D eigenvalue weighted by Gasteiger charge is -2.38. The number of carboxylic acid groups (broad SMARTS) is 1. The number of nitrogens with one attached hydrogen (secondary N) is 2. The van der Waals surface area contributed by atoms with E-state index in [1.807, 2.05) is 13.8 Å². The van der Waals surface area contributed by atoms with Crippen molar-refractivity contribution >= 4 is 17.8 Å². The molecule has 0 bridgehead atoms. The quantitative estimate of drug-likeness (QED) is 0.110. The van der Waals surface area contributed by atoms with Crippen LogP contribution in [0.25, 0.3) is 0 Å². The molecule has 0 aromatic heterocycles. The van der Waals surface area contributed by atoms with Crippen LogP contribution in [0, 0.1) is 0 Å². The number of unbranched alkanes of at least 4 members (excludes halogenated alkanes) is 1. The molecule has 0 radical (unpaired) electrons. The van der Waals surface area contributed by atoms with Crippen molar-refractivity contribution in [1.29, 1.82) is 0 Å². The summed E-state index contributed by atoms with van der Waals surface area (Å²) in [6, 6.07) is -1.10. The molecule has 0 fully saturated rings. The van der Waals surface area contributed by atoms with Gasteiger partial charge in [0, 0.05) is 25.3 Å². The van der Waals surface area contributed by atoms with Gasteiger partial charge in [-0.05, 0) is 63.9 Å². The van der Waals surface area contributed by atoms with Crippen LogP contribution in [0.2, 0.25) is 0 Å². The van der Waals surface area contributed by atoms with E-state index in [0.717, 1.165) is 51.4 Å². The fourth-order valence-electron chi connectivity index (χ4n) is 4.53. The minimum atomic E-state index is -1.04. The van der Waals surface area contributed by atoms with Crippen molar-refractivity contribution in [3.05, 3.63) is 72.4 Å². The maximum absolute atomic E-state index is 12.7. The zero-order chi connectivity index (χ0) is 30.3. The van der Waals surface area contributed by atoms with E-state index in [2.05, 4.69) is 78.3 Å². The minimum Gasteiger partial charge on any atom is -0.478 e. The lowest BCUT2D eigenvalue weighted by molar-refractivity contribution is -0.134. The maximum atomic E-state index is 12.7. The molecule has 41 heavy (non-hydrogen) atoms. The Hall–Kier alpha value is -3.19. The summed E-state index contributed by atoms with van der Waals surface area (Å²) in [6.07, 6.45) is 30.7. The van der Waals surface area contributed by atoms with E-state index in [1.165, 1.54) is 6.92 Å². The van der Waals surface area contributed by atoms with Gasteiger partial charge in [0.05, 0.1) is 24.3 Å². The summed E-state index contributed by atoms with van der Waals surface area (Å²) in [5, 5.41) is 15.5. The van der Waals surface area contributed by atoms with Gasteiger partial charge in [-0.2, -0.15) is 0 Å². The van der Waals surface area contributed by atoms with E-state index in [1.54, 1.807) is 6.08 Å². The largest absolute Gasteiger partial charge is 0.478 e.